The van der Waals surface area contributed by atoms with E-state index < -0.39 is 27.7 Å². The molecule has 5 nitrogen and oxygen atoms in total. The van der Waals surface area contributed by atoms with Crippen LogP contribution in [0, 0.1) is 11.8 Å². The molecule has 0 aromatic heterocycles. The van der Waals surface area contributed by atoms with Gasteiger partial charge < -0.3 is 9.84 Å². The number of sulfone groups is 1. The minimum Gasteiger partial charge on any atom is -0.481 e. The van der Waals surface area contributed by atoms with Gasteiger partial charge in [0.15, 0.2) is 16.4 Å². The van der Waals surface area contributed by atoms with E-state index in [2.05, 4.69) is 11.8 Å². The van der Waals surface area contributed by atoms with Crippen molar-refractivity contribution in [3.8, 4) is 17.6 Å². The minimum atomic E-state index is -3.47. The number of carboxylic acid groups (broad SMARTS) is 1. The van der Waals surface area contributed by atoms with Gasteiger partial charge in [0, 0.05) is 10.6 Å². The third kappa shape index (κ3) is 5.39. The maximum absolute atomic E-state index is 12.3. The van der Waals surface area contributed by atoms with Crippen molar-refractivity contribution in [3.63, 3.8) is 0 Å². The van der Waals surface area contributed by atoms with Gasteiger partial charge in [0.1, 0.15) is 5.75 Å². The van der Waals surface area contributed by atoms with Crippen molar-refractivity contribution in [1.29, 1.82) is 0 Å². The largest absolute Gasteiger partial charge is 0.481 e. The summed E-state index contributed by atoms with van der Waals surface area (Å²) in [6, 6.07) is 8.90. The number of carbonyl (C=O) groups is 1. The van der Waals surface area contributed by atoms with Crippen LogP contribution >= 0.6 is 23.2 Å². The first-order chi connectivity index (χ1) is 12.6. The van der Waals surface area contributed by atoms with Crippen molar-refractivity contribution in [1.82, 2.24) is 0 Å². The number of rotatable bonds is 5. The Hall–Kier alpha value is -2.20. The quantitative estimate of drug-likeness (QED) is 0.729. The number of aliphatic carboxylic acids is 1. The molecule has 0 amide bonds. The first-order valence-electron chi connectivity index (χ1n) is 7.81. The van der Waals surface area contributed by atoms with Crippen LogP contribution in [-0.2, 0) is 14.6 Å². The van der Waals surface area contributed by atoms with Crippen LogP contribution < -0.4 is 4.74 Å². The zero-order valence-electron chi connectivity index (χ0n) is 14.5. The average Bonchev–Trinajstić information content (AvgIpc) is 2.59. The molecule has 0 spiro atoms. The molecule has 0 saturated carbocycles. The number of hydrogen-bond acceptors (Lipinski definition) is 4. The third-order valence-corrected chi connectivity index (χ3v) is 6.23. The second kappa shape index (κ2) is 8.66. The Kier molecular flexibility index (Phi) is 6.77. The number of hydrogen-bond donors (Lipinski definition) is 1. The van der Waals surface area contributed by atoms with Crippen molar-refractivity contribution in [2.24, 2.45) is 0 Å². The van der Waals surface area contributed by atoms with Gasteiger partial charge in [-0.3, -0.25) is 0 Å². The lowest BCUT2D eigenvalue weighted by Gasteiger charge is -2.09. The lowest BCUT2D eigenvalue weighted by Crippen LogP contribution is -2.14. The summed E-state index contributed by atoms with van der Waals surface area (Å²) in [5.74, 6) is 4.73. The highest BCUT2D eigenvalue weighted by Crippen LogP contribution is 2.25. The second-order valence-electron chi connectivity index (χ2n) is 5.81. The van der Waals surface area contributed by atoms with Gasteiger partial charge in [-0.1, -0.05) is 35.0 Å². The minimum absolute atomic E-state index is 0.125. The van der Waals surface area contributed by atoms with Gasteiger partial charge in [0.2, 0.25) is 0 Å². The van der Waals surface area contributed by atoms with Gasteiger partial charge in [0.05, 0.1) is 20.7 Å². The summed E-state index contributed by atoms with van der Waals surface area (Å²) in [6.07, 6.45) is 0. The average molecular weight is 427 g/mol. The lowest BCUT2D eigenvalue weighted by atomic mass is 10.1. The number of benzene rings is 2. The highest BCUT2D eigenvalue weighted by Gasteiger charge is 2.19. The standard InChI is InChI=1S/C19H16Cl2O5S/c1-12(2)27(24,25)16-6-7-17(21)13(10-16)3-4-14-9-15(20)5-8-18(14)26-11-19(22)23/h5-10,12H,11H2,1-2H3,(H,22,23). The Morgan fingerprint density at radius 3 is 2.41 bits per heavy atom. The number of ether oxygens (including phenoxy) is 1. The Balaban J connectivity index is 2.46. The van der Waals surface area contributed by atoms with Crippen LogP contribution in [0.5, 0.6) is 5.75 Å². The molecule has 2 rings (SSSR count). The Morgan fingerprint density at radius 1 is 1.11 bits per heavy atom. The smallest absolute Gasteiger partial charge is 0.341 e. The molecule has 0 saturated heterocycles. The molecule has 0 aliphatic heterocycles. The van der Waals surface area contributed by atoms with Crippen molar-refractivity contribution in [3.05, 3.63) is 57.6 Å². The van der Waals surface area contributed by atoms with Crippen LogP contribution in [-0.4, -0.2) is 31.4 Å². The van der Waals surface area contributed by atoms with Crippen molar-refractivity contribution in [2.45, 2.75) is 24.0 Å². The first kappa shape index (κ1) is 21.1. The summed E-state index contributed by atoms with van der Waals surface area (Å²) in [4.78, 5) is 10.8. The van der Waals surface area contributed by atoms with Gasteiger partial charge in [-0.05, 0) is 50.2 Å². The van der Waals surface area contributed by atoms with Gasteiger partial charge in [-0.25, -0.2) is 13.2 Å². The van der Waals surface area contributed by atoms with Gasteiger partial charge in [-0.15, -0.1) is 0 Å². The molecule has 0 radical (unpaired) electrons. The van der Waals surface area contributed by atoms with Crippen LogP contribution in [0.3, 0.4) is 0 Å². The Morgan fingerprint density at radius 2 is 1.78 bits per heavy atom. The highest BCUT2D eigenvalue weighted by molar-refractivity contribution is 7.92. The number of carboxylic acids is 1. The maximum Gasteiger partial charge on any atom is 0.341 e. The zero-order chi connectivity index (χ0) is 20.2. The van der Waals surface area contributed by atoms with E-state index in [1.807, 2.05) is 0 Å². The normalized spacial score (nSPS) is 11.0. The number of halogens is 2. The summed E-state index contributed by atoms with van der Waals surface area (Å²) in [6.45, 7) is 2.65. The molecule has 2 aromatic carbocycles. The van der Waals surface area contributed by atoms with E-state index in [4.69, 9.17) is 33.0 Å². The van der Waals surface area contributed by atoms with Crippen molar-refractivity contribution in [2.75, 3.05) is 6.61 Å². The fraction of sp³-hybridized carbons (Fsp3) is 0.211. The summed E-state index contributed by atoms with van der Waals surface area (Å²) in [5, 5.41) is 8.86. The van der Waals surface area contributed by atoms with E-state index in [0.717, 1.165) is 0 Å². The Bertz CT molecular complexity index is 1030. The monoisotopic (exact) mass is 426 g/mol. The van der Waals surface area contributed by atoms with E-state index in [1.165, 1.54) is 30.3 Å². The first-order valence-corrected chi connectivity index (χ1v) is 10.1. The third-order valence-electron chi connectivity index (χ3n) is 3.51. The molecular formula is C19H16Cl2O5S. The molecule has 27 heavy (non-hydrogen) atoms. The van der Waals surface area contributed by atoms with Crippen LogP contribution in [0.4, 0.5) is 0 Å². The van der Waals surface area contributed by atoms with E-state index in [1.54, 1.807) is 19.9 Å². The predicted molar refractivity (Wildman–Crippen MR) is 104 cm³/mol. The fourth-order valence-electron chi connectivity index (χ4n) is 2.05. The molecule has 8 heteroatoms. The van der Waals surface area contributed by atoms with E-state index >= 15 is 0 Å². The highest BCUT2D eigenvalue weighted by atomic mass is 35.5. The summed E-state index contributed by atoms with van der Waals surface area (Å²) in [7, 11) is -3.47. The SMILES string of the molecule is CC(C)S(=O)(=O)c1ccc(Cl)c(C#Cc2cc(Cl)ccc2OCC(=O)O)c1. The van der Waals surface area contributed by atoms with Gasteiger partial charge in [0.25, 0.3) is 0 Å². The molecule has 2 aromatic rings. The van der Waals surface area contributed by atoms with Crippen molar-refractivity contribution < 1.29 is 23.1 Å². The molecule has 0 aliphatic carbocycles. The molecule has 142 valence electrons. The molecule has 0 fully saturated rings. The predicted octanol–water partition coefficient (Wildman–Crippen LogP) is 4.04. The molecule has 0 heterocycles. The van der Waals surface area contributed by atoms with Gasteiger partial charge in [-0.2, -0.15) is 0 Å². The molecule has 0 unspecified atom stereocenters. The van der Waals surface area contributed by atoms with Crippen LogP contribution in [0.2, 0.25) is 10.0 Å². The molecular weight excluding hydrogens is 411 g/mol. The fourth-order valence-corrected chi connectivity index (χ4v) is 3.47. The summed E-state index contributed by atoms with van der Waals surface area (Å²) >= 11 is 12.1. The van der Waals surface area contributed by atoms with Crippen LogP contribution in [0.15, 0.2) is 41.3 Å². The van der Waals surface area contributed by atoms with Crippen LogP contribution in [0.25, 0.3) is 0 Å². The van der Waals surface area contributed by atoms with E-state index in [-0.39, 0.29) is 10.6 Å². The zero-order valence-corrected chi connectivity index (χ0v) is 16.8. The van der Waals surface area contributed by atoms with Crippen molar-refractivity contribution >= 4 is 39.0 Å². The summed E-state index contributed by atoms with van der Waals surface area (Å²) < 4.78 is 29.9. The molecule has 0 atom stereocenters. The maximum atomic E-state index is 12.3. The molecule has 0 aliphatic rings. The lowest BCUT2D eigenvalue weighted by molar-refractivity contribution is -0.139. The van der Waals surface area contributed by atoms with E-state index in [9.17, 15) is 13.2 Å². The molecule has 0 bridgehead atoms. The second-order valence-corrected chi connectivity index (χ2v) is 9.16. The van der Waals surface area contributed by atoms with Gasteiger partial charge >= 0.3 is 5.97 Å². The Labute approximate surface area is 167 Å². The topological polar surface area (TPSA) is 80.7 Å². The van der Waals surface area contributed by atoms with Crippen LogP contribution in [0.1, 0.15) is 25.0 Å². The van der Waals surface area contributed by atoms with E-state index in [0.29, 0.717) is 21.2 Å². The summed E-state index contributed by atoms with van der Waals surface area (Å²) in [5.41, 5.74) is 0.680. The molecule has 1 N–H and O–H groups in total.